The number of hydrogen-bond donors (Lipinski definition) is 0. The van der Waals surface area contributed by atoms with E-state index < -0.39 is 35.5 Å². The van der Waals surface area contributed by atoms with E-state index in [2.05, 4.69) is 4.98 Å². The maximum Gasteiger partial charge on any atom is 0.416 e. The molecule has 0 unspecified atom stereocenters. The lowest BCUT2D eigenvalue weighted by Gasteiger charge is -2.16. The Balaban J connectivity index is 2.08. The minimum Gasteiger partial charge on any atom is -0.465 e. The van der Waals surface area contributed by atoms with E-state index in [9.17, 15) is 27.6 Å². The van der Waals surface area contributed by atoms with Crippen molar-refractivity contribution in [3.05, 3.63) is 104 Å². The maximum atomic E-state index is 13.5. The second-order valence-electron chi connectivity index (χ2n) is 7.54. The summed E-state index contributed by atoms with van der Waals surface area (Å²) in [7, 11) is 1.15. The van der Waals surface area contributed by atoms with Crippen LogP contribution in [-0.4, -0.2) is 27.2 Å². The Hall–Kier alpha value is -4.21. The molecule has 7 nitrogen and oxygen atoms in total. The molecule has 174 valence electrons. The SMILES string of the molecule is COC(=O)c1cc(C)nc2c1c(=O)n(Cc1cccc(C(F)(F)F)c1)c(=O)n2-c1ccccc1. The van der Waals surface area contributed by atoms with E-state index in [-0.39, 0.29) is 22.2 Å². The first kappa shape index (κ1) is 23.0. The number of benzene rings is 2. The van der Waals surface area contributed by atoms with Crippen molar-refractivity contribution in [2.24, 2.45) is 0 Å². The fourth-order valence-electron chi connectivity index (χ4n) is 3.71. The van der Waals surface area contributed by atoms with Gasteiger partial charge >= 0.3 is 17.8 Å². The van der Waals surface area contributed by atoms with Gasteiger partial charge in [0, 0.05) is 5.69 Å². The van der Waals surface area contributed by atoms with E-state index >= 15 is 0 Å². The van der Waals surface area contributed by atoms with Crippen molar-refractivity contribution in [1.29, 1.82) is 0 Å². The molecule has 0 spiro atoms. The van der Waals surface area contributed by atoms with Gasteiger partial charge in [-0.1, -0.05) is 30.3 Å². The summed E-state index contributed by atoms with van der Waals surface area (Å²) in [5.74, 6) is -0.809. The lowest BCUT2D eigenvalue weighted by atomic mass is 10.1. The van der Waals surface area contributed by atoms with Gasteiger partial charge in [0.15, 0.2) is 5.65 Å². The van der Waals surface area contributed by atoms with Gasteiger partial charge in [-0.25, -0.2) is 19.1 Å². The summed E-state index contributed by atoms with van der Waals surface area (Å²) < 4.78 is 46.3. The van der Waals surface area contributed by atoms with Crippen LogP contribution < -0.4 is 11.2 Å². The molecule has 4 rings (SSSR count). The van der Waals surface area contributed by atoms with Crippen LogP contribution in [0.4, 0.5) is 13.2 Å². The van der Waals surface area contributed by atoms with E-state index in [1.165, 1.54) is 18.2 Å². The van der Waals surface area contributed by atoms with Gasteiger partial charge in [-0.2, -0.15) is 13.2 Å². The highest BCUT2D eigenvalue weighted by atomic mass is 19.4. The molecule has 2 aromatic heterocycles. The molecule has 2 aromatic carbocycles. The predicted molar refractivity (Wildman–Crippen MR) is 118 cm³/mol. The number of hydrogen-bond acceptors (Lipinski definition) is 5. The molecule has 0 aliphatic heterocycles. The van der Waals surface area contributed by atoms with Crippen molar-refractivity contribution < 1.29 is 22.7 Å². The number of para-hydroxylation sites is 1. The van der Waals surface area contributed by atoms with Crippen molar-refractivity contribution in [2.45, 2.75) is 19.6 Å². The zero-order valence-electron chi connectivity index (χ0n) is 18.1. The zero-order valence-corrected chi connectivity index (χ0v) is 18.1. The van der Waals surface area contributed by atoms with Crippen molar-refractivity contribution in [3.63, 3.8) is 0 Å². The number of nitrogens with zero attached hydrogens (tertiary/aromatic N) is 3. The number of alkyl halides is 3. The number of fused-ring (bicyclic) bond motifs is 1. The van der Waals surface area contributed by atoms with Crippen LogP contribution in [0.3, 0.4) is 0 Å². The van der Waals surface area contributed by atoms with Crippen LogP contribution in [0.25, 0.3) is 16.7 Å². The first-order valence-electron chi connectivity index (χ1n) is 10.1. The maximum absolute atomic E-state index is 13.5. The Morgan fingerprint density at radius 1 is 1.03 bits per heavy atom. The lowest BCUT2D eigenvalue weighted by molar-refractivity contribution is -0.137. The van der Waals surface area contributed by atoms with Crippen molar-refractivity contribution in [3.8, 4) is 5.69 Å². The highest BCUT2D eigenvalue weighted by molar-refractivity contribution is 6.02. The summed E-state index contributed by atoms with van der Waals surface area (Å²) in [6.45, 7) is 1.15. The Bertz CT molecular complexity index is 1520. The van der Waals surface area contributed by atoms with Crippen LogP contribution in [0.15, 0.2) is 70.3 Å². The molecule has 0 fully saturated rings. The molecule has 0 radical (unpaired) electrons. The smallest absolute Gasteiger partial charge is 0.416 e. The number of ether oxygens (including phenoxy) is 1. The van der Waals surface area contributed by atoms with Crippen LogP contribution in [0.2, 0.25) is 0 Å². The summed E-state index contributed by atoms with van der Waals surface area (Å²) in [5.41, 5.74) is -1.91. The molecule has 0 aliphatic carbocycles. The molecule has 0 saturated carbocycles. The fraction of sp³-hybridized carbons (Fsp3) is 0.167. The molecule has 0 bridgehead atoms. The molecule has 2 heterocycles. The highest BCUT2D eigenvalue weighted by Gasteiger charge is 2.30. The summed E-state index contributed by atoms with van der Waals surface area (Å²) in [6, 6.07) is 14.0. The van der Waals surface area contributed by atoms with Gasteiger partial charge in [-0.15, -0.1) is 0 Å². The number of esters is 1. The Morgan fingerprint density at radius 2 is 1.74 bits per heavy atom. The number of aromatic nitrogens is 3. The highest BCUT2D eigenvalue weighted by Crippen LogP contribution is 2.29. The van der Waals surface area contributed by atoms with Crippen LogP contribution in [0.5, 0.6) is 0 Å². The monoisotopic (exact) mass is 469 g/mol. The van der Waals surface area contributed by atoms with E-state index in [1.54, 1.807) is 37.3 Å². The number of rotatable bonds is 4. The topological polar surface area (TPSA) is 83.2 Å². The summed E-state index contributed by atoms with van der Waals surface area (Å²) >= 11 is 0. The van der Waals surface area contributed by atoms with Gasteiger partial charge in [0.1, 0.15) is 0 Å². The quantitative estimate of drug-likeness (QED) is 0.426. The number of carbonyl (C=O) groups excluding carboxylic acids is 1. The summed E-state index contributed by atoms with van der Waals surface area (Å²) in [6.07, 6.45) is -4.59. The number of halogens is 3. The second kappa shape index (κ2) is 8.62. The molecular formula is C24H18F3N3O4. The van der Waals surface area contributed by atoms with E-state index in [1.807, 2.05) is 0 Å². The van der Waals surface area contributed by atoms with Crippen molar-refractivity contribution in [1.82, 2.24) is 14.1 Å². The Kier molecular flexibility index (Phi) is 5.82. The lowest BCUT2D eigenvalue weighted by Crippen LogP contribution is -2.40. The minimum atomic E-state index is -4.59. The van der Waals surface area contributed by atoms with Crippen LogP contribution in [0, 0.1) is 6.92 Å². The predicted octanol–water partition coefficient (Wildman–Crippen LogP) is 3.71. The minimum absolute atomic E-state index is 0.0538. The zero-order chi connectivity index (χ0) is 24.6. The van der Waals surface area contributed by atoms with E-state index in [0.29, 0.717) is 11.4 Å². The number of pyridine rings is 1. The third-order valence-corrected chi connectivity index (χ3v) is 5.24. The van der Waals surface area contributed by atoms with Gasteiger partial charge in [0.05, 0.1) is 35.9 Å². The first-order valence-corrected chi connectivity index (χ1v) is 10.1. The molecule has 0 N–H and O–H groups in total. The normalized spacial score (nSPS) is 11.6. The van der Waals surface area contributed by atoms with E-state index in [4.69, 9.17) is 4.74 Å². The van der Waals surface area contributed by atoms with Gasteiger partial charge in [-0.05, 0) is 42.8 Å². The molecule has 4 aromatic rings. The van der Waals surface area contributed by atoms with Crippen molar-refractivity contribution >= 4 is 17.0 Å². The molecular weight excluding hydrogens is 451 g/mol. The summed E-state index contributed by atoms with van der Waals surface area (Å²) in [4.78, 5) is 43.8. The first-order chi connectivity index (χ1) is 16.1. The summed E-state index contributed by atoms with van der Waals surface area (Å²) in [5, 5.41) is -0.173. The van der Waals surface area contributed by atoms with E-state index in [0.717, 1.165) is 28.4 Å². The number of methoxy groups -OCH3 is 1. The number of aryl methyl sites for hydroxylation is 1. The van der Waals surface area contributed by atoms with Crippen LogP contribution in [0.1, 0.15) is 27.2 Å². The number of carbonyl (C=O) groups is 1. The Labute approximate surface area is 190 Å². The van der Waals surface area contributed by atoms with Gasteiger partial charge in [0.25, 0.3) is 5.56 Å². The molecule has 34 heavy (non-hydrogen) atoms. The molecule has 0 atom stereocenters. The molecule has 0 aliphatic rings. The average Bonchev–Trinajstić information content (AvgIpc) is 2.81. The standard InChI is InChI=1S/C24H18F3N3O4/c1-14-11-18(22(32)34-2)19-20(28-14)30(17-9-4-3-5-10-17)23(33)29(21(19)31)13-15-7-6-8-16(12-15)24(25,26)27/h3-12H,13H2,1-2H3. The van der Waals surface area contributed by atoms with Gasteiger partial charge in [0.2, 0.25) is 0 Å². The largest absolute Gasteiger partial charge is 0.465 e. The molecule has 10 heteroatoms. The Morgan fingerprint density at radius 3 is 2.38 bits per heavy atom. The molecule has 0 saturated heterocycles. The molecule has 0 amide bonds. The average molecular weight is 469 g/mol. The van der Waals surface area contributed by atoms with Crippen LogP contribution >= 0.6 is 0 Å². The van der Waals surface area contributed by atoms with Crippen LogP contribution in [-0.2, 0) is 17.5 Å². The third kappa shape index (κ3) is 4.09. The van der Waals surface area contributed by atoms with Gasteiger partial charge in [-0.3, -0.25) is 9.36 Å². The third-order valence-electron chi connectivity index (χ3n) is 5.24. The second-order valence-corrected chi connectivity index (χ2v) is 7.54. The van der Waals surface area contributed by atoms with Crippen molar-refractivity contribution in [2.75, 3.05) is 7.11 Å². The fourth-order valence-corrected chi connectivity index (χ4v) is 3.71. The van der Waals surface area contributed by atoms with Gasteiger partial charge < -0.3 is 4.74 Å².